The van der Waals surface area contributed by atoms with Gasteiger partial charge in [0.15, 0.2) is 0 Å². The molecule has 1 amide bonds. The van der Waals surface area contributed by atoms with Crippen molar-refractivity contribution in [2.75, 3.05) is 7.05 Å². The van der Waals surface area contributed by atoms with Gasteiger partial charge in [0.25, 0.3) is 0 Å². The standard InChI is InChI=1S/C15H20ClNO3/c1-10(11-6-5-7-12(16)8-11)17(4)13(18)9-15(2,3)14(19)20/h5-8,10H,9H2,1-4H3,(H,19,20). The third-order valence-electron chi connectivity index (χ3n) is 3.48. The second-order valence-electron chi connectivity index (χ2n) is 5.60. The molecule has 0 bridgehead atoms. The average Bonchev–Trinajstić information content (AvgIpc) is 2.36. The van der Waals surface area contributed by atoms with Gasteiger partial charge in [-0.25, -0.2) is 0 Å². The first-order valence-corrected chi connectivity index (χ1v) is 6.77. The molecule has 0 heterocycles. The molecule has 0 aliphatic carbocycles. The van der Waals surface area contributed by atoms with E-state index in [1.807, 2.05) is 19.1 Å². The third-order valence-corrected chi connectivity index (χ3v) is 3.71. The molecule has 0 aromatic heterocycles. The lowest BCUT2D eigenvalue weighted by atomic mass is 9.88. The lowest BCUT2D eigenvalue weighted by molar-refractivity contribution is -0.151. The van der Waals surface area contributed by atoms with Crippen molar-refractivity contribution in [1.82, 2.24) is 4.90 Å². The maximum atomic E-state index is 12.2. The van der Waals surface area contributed by atoms with Crippen molar-refractivity contribution in [1.29, 1.82) is 0 Å². The molecule has 0 aliphatic rings. The van der Waals surface area contributed by atoms with Gasteiger partial charge in [-0.05, 0) is 38.5 Å². The number of carboxylic acid groups (broad SMARTS) is 1. The van der Waals surface area contributed by atoms with Crippen LogP contribution in [0.2, 0.25) is 5.02 Å². The molecule has 0 saturated carbocycles. The fourth-order valence-electron chi connectivity index (χ4n) is 1.78. The summed E-state index contributed by atoms with van der Waals surface area (Å²) in [5.41, 5.74) is -0.152. The molecule has 1 rings (SSSR count). The van der Waals surface area contributed by atoms with Crippen LogP contribution in [0.3, 0.4) is 0 Å². The van der Waals surface area contributed by atoms with Crippen LogP contribution in [0.5, 0.6) is 0 Å². The van der Waals surface area contributed by atoms with Crippen molar-refractivity contribution in [3.05, 3.63) is 34.9 Å². The van der Waals surface area contributed by atoms with E-state index in [0.717, 1.165) is 5.56 Å². The second-order valence-corrected chi connectivity index (χ2v) is 6.04. The van der Waals surface area contributed by atoms with E-state index in [-0.39, 0.29) is 18.4 Å². The van der Waals surface area contributed by atoms with Crippen LogP contribution in [-0.4, -0.2) is 28.9 Å². The fourth-order valence-corrected chi connectivity index (χ4v) is 1.98. The van der Waals surface area contributed by atoms with Gasteiger partial charge >= 0.3 is 5.97 Å². The first kappa shape index (κ1) is 16.5. The SMILES string of the molecule is CC(c1cccc(Cl)c1)N(C)C(=O)CC(C)(C)C(=O)O. The van der Waals surface area contributed by atoms with Crippen molar-refractivity contribution in [3.63, 3.8) is 0 Å². The highest BCUT2D eigenvalue weighted by Gasteiger charge is 2.32. The van der Waals surface area contributed by atoms with Gasteiger partial charge in [0, 0.05) is 18.5 Å². The number of carbonyl (C=O) groups excluding carboxylic acids is 1. The molecule has 0 fully saturated rings. The minimum Gasteiger partial charge on any atom is -0.481 e. The molecule has 4 nitrogen and oxygen atoms in total. The fraction of sp³-hybridized carbons (Fsp3) is 0.467. The van der Waals surface area contributed by atoms with Crippen molar-refractivity contribution >= 4 is 23.5 Å². The van der Waals surface area contributed by atoms with Gasteiger partial charge in [-0.1, -0.05) is 23.7 Å². The molecule has 0 spiro atoms. The monoisotopic (exact) mass is 297 g/mol. The van der Waals surface area contributed by atoms with Crippen LogP contribution in [0, 0.1) is 5.41 Å². The van der Waals surface area contributed by atoms with Crippen molar-refractivity contribution in [3.8, 4) is 0 Å². The van der Waals surface area contributed by atoms with E-state index >= 15 is 0 Å². The Balaban J connectivity index is 2.81. The first-order valence-electron chi connectivity index (χ1n) is 6.39. The zero-order chi connectivity index (χ0) is 15.5. The van der Waals surface area contributed by atoms with Crippen LogP contribution in [0.1, 0.15) is 38.8 Å². The lowest BCUT2D eigenvalue weighted by Gasteiger charge is -2.28. The Labute approximate surface area is 124 Å². The van der Waals surface area contributed by atoms with Gasteiger partial charge in [-0.3, -0.25) is 9.59 Å². The highest BCUT2D eigenvalue weighted by molar-refractivity contribution is 6.30. The topological polar surface area (TPSA) is 57.6 Å². The van der Waals surface area contributed by atoms with Crippen molar-refractivity contribution < 1.29 is 14.7 Å². The molecule has 1 aromatic carbocycles. The number of amides is 1. The van der Waals surface area contributed by atoms with Crippen LogP contribution >= 0.6 is 11.6 Å². The number of nitrogens with zero attached hydrogens (tertiary/aromatic N) is 1. The van der Waals surface area contributed by atoms with Crippen molar-refractivity contribution in [2.45, 2.75) is 33.2 Å². The van der Waals surface area contributed by atoms with Gasteiger partial charge in [0.2, 0.25) is 5.91 Å². The van der Waals surface area contributed by atoms with E-state index in [0.29, 0.717) is 5.02 Å². The molecule has 1 atom stereocenters. The van der Waals surface area contributed by atoms with Gasteiger partial charge in [-0.2, -0.15) is 0 Å². The number of benzene rings is 1. The Bertz CT molecular complexity index is 514. The van der Waals surface area contributed by atoms with Gasteiger partial charge < -0.3 is 10.0 Å². The van der Waals surface area contributed by atoms with Crippen molar-refractivity contribution in [2.24, 2.45) is 5.41 Å². The smallest absolute Gasteiger partial charge is 0.309 e. The summed E-state index contributed by atoms with van der Waals surface area (Å²) in [6, 6.07) is 7.13. The normalized spacial score (nSPS) is 12.8. The van der Waals surface area contributed by atoms with E-state index in [4.69, 9.17) is 16.7 Å². The number of carboxylic acids is 1. The maximum Gasteiger partial charge on any atom is 0.309 e. The Kier molecular flexibility index (Phi) is 5.17. The minimum absolute atomic E-state index is 0.0380. The molecule has 0 saturated heterocycles. The van der Waals surface area contributed by atoms with Crippen LogP contribution < -0.4 is 0 Å². The zero-order valence-electron chi connectivity index (χ0n) is 12.2. The molecule has 1 N–H and O–H groups in total. The van der Waals surface area contributed by atoms with E-state index in [1.165, 1.54) is 0 Å². The third kappa shape index (κ3) is 3.97. The van der Waals surface area contributed by atoms with Gasteiger partial charge in [-0.15, -0.1) is 0 Å². The average molecular weight is 298 g/mol. The summed E-state index contributed by atoms with van der Waals surface area (Å²) in [4.78, 5) is 24.8. The highest BCUT2D eigenvalue weighted by Crippen LogP contribution is 2.26. The Morgan fingerprint density at radius 3 is 2.50 bits per heavy atom. The summed E-state index contributed by atoms with van der Waals surface area (Å²) >= 11 is 5.94. The minimum atomic E-state index is -1.07. The number of carbonyl (C=O) groups is 2. The van der Waals surface area contributed by atoms with Crippen LogP contribution in [0.25, 0.3) is 0 Å². The van der Waals surface area contributed by atoms with Gasteiger partial charge in [0.1, 0.15) is 0 Å². The molecule has 0 aliphatic heterocycles. The molecule has 110 valence electrons. The Morgan fingerprint density at radius 2 is 2.00 bits per heavy atom. The summed E-state index contributed by atoms with van der Waals surface area (Å²) in [7, 11) is 1.67. The second kappa shape index (κ2) is 6.27. The molecule has 1 unspecified atom stereocenters. The summed E-state index contributed by atoms with van der Waals surface area (Å²) in [5.74, 6) is -1.18. The maximum absolute atomic E-state index is 12.2. The highest BCUT2D eigenvalue weighted by atomic mass is 35.5. The molecule has 0 radical (unpaired) electrons. The number of aliphatic carboxylic acids is 1. The molecule has 20 heavy (non-hydrogen) atoms. The Hall–Kier alpha value is -1.55. The molecular formula is C15H20ClNO3. The predicted octanol–water partition coefficient (Wildman–Crippen LogP) is 3.36. The quantitative estimate of drug-likeness (QED) is 0.906. The number of hydrogen-bond acceptors (Lipinski definition) is 2. The predicted molar refractivity (Wildman–Crippen MR) is 78.7 cm³/mol. The summed E-state index contributed by atoms with van der Waals surface area (Å²) < 4.78 is 0. The summed E-state index contributed by atoms with van der Waals surface area (Å²) in [6.45, 7) is 4.98. The first-order chi connectivity index (χ1) is 9.15. The molecule has 5 heteroatoms. The van der Waals surface area contributed by atoms with E-state index in [9.17, 15) is 9.59 Å². The summed E-state index contributed by atoms with van der Waals surface area (Å²) in [5, 5.41) is 9.69. The van der Waals surface area contributed by atoms with E-state index in [1.54, 1.807) is 37.9 Å². The van der Waals surface area contributed by atoms with Crippen LogP contribution in [-0.2, 0) is 9.59 Å². The van der Waals surface area contributed by atoms with E-state index < -0.39 is 11.4 Å². The number of rotatable bonds is 5. The van der Waals surface area contributed by atoms with E-state index in [2.05, 4.69) is 0 Å². The van der Waals surface area contributed by atoms with Crippen LogP contribution in [0.15, 0.2) is 24.3 Å². The zero-order valence-corrected chi connectivity index (χ0v) is 12.9. The largest absolute Gasteiger partial charge is 0.481 e. The number of halogens is 1. The Morgan fingerprint density at radius 1 is 1.40 bits per heavy atom. The molecule has 1 aromatic rings. The van der Waals surface area contributed by atoms with Gasteiger partial charge in [0.05, 0.1) is 11.5 Å². The van der Waals surface area contributed by atoms with Crippen LogP contribution in [0.4, 0.5) is 0 Å². The number of hydrogen-bond donors (Lipinski definition) is 1. The lowest BCUT2D eigenvalue weighted by Crippen LogP contribution is -2.36. The summed E-state index contributed by atoms with van der Waals surface area (Å²) in [6.07, 6.45) is -0.0380. The molecular weight excluding hydrogens is 278 g/mol.